The van der Waals surface area contributed by atoms with E-state index < -0.39 is 0 Å². The highest BCUT2D eigenvalue weighted by Gasteiger charge is 2.15. The molecule has 1 fully saturated rings. The Morgan fingerprint density at radius 3 is 2.48 bits per heavy atom. The van der Waals surface area contributed by atoms with E-state index in [4.69, 9.17) is 4.74 Å². The zero-order chi connectivity index (χ0) is 23.2. The first-order chi connectivity index (χ1) is 16.0. The molecule has 4 rings (SSSR count). The van der Waals surface area contributed by atoms with Gasteiger partial charge in [0.1, 0.15) is 5.82 Å². The van der Waals surface area contributed by atoms with Gasteiger partial charge >= 0.3 is 0 Å². The van der Waals surface area contributed by atoms with Gasteiger partial charge in [-0.05, 0) is 49.4 Å². The molecule has 1 aliphatic rings. The average Bonchev–Trinajstić information content (AvgIpc) is 3.27. The lowest BCUT2D eigenvalue weighted by Gasteiger charge is -2.26. The Labute approximate surface area is 191 Å². The fourth-order valence-corrected chi connectivity index (χ4v) is 3.84. The predicted octanol–water partition coefficient (Wildman–Crippen LogP) is 2.14. The van der Waals surface area contributed by atoms with Crippen molar-refractivity contribution in [3.8, 4) is 0 Å². The van der Waals surface area contributed by atoms with Gasteiger partial charge in [0, 0.05) is 55.5 Å². The third-order valence-electron chi connectivity index (χ3n) is 5.56. The summed E-state index contributed by atoms with van der Waals surface area (Å²) in [5, 5.41) is 6.28. The molecule has 0 atom stereocenters. The minimum absolute atomic E-state index is 0.159. The summed E-state index contributed by atoms with van der Waals surface area (Å²) in [5.74, 6) is -0.216. The number of benzene rings is 1. The number of hydrogen-bond acceptors (Lipinski definition) is 6. The molecule has 3 heterocycles. The van der Waals surface area contributed by atoms with Crippen LogP contribution in [0.3, 0.4) is 0 Å². The zero-order valence-electron chi connectivity index (χ0n) is 18.5. The molecule has 0 radical (unpaired) electrons. The number of amides is 2. The molecule has 1 aromatic carbocycles. The minimum atomic E-state index is -0.234. The highest BCUT2D eigenvalue weighted by atomic mass is 16.5. The van der Waals surface area contributed by atoms with Gasteiger partial charge in [-0.2, -0.15) is 0 Å². The van der Waals surface area contributed by atoms with Gasteiger partial charge in [-0.15, -0.1) is 0 Å². The van der Waals surface area contributed by atoms with E-state index in [0.29, 0.717) is 34.4 Å². The van der Waals surface area contributed by atoms with Crippen LogP contribution in [-0.2, 0) is 9.53 Å². The third-order valence-corrected chi connectivity index (χ3v) is 5.56. The molecule has 2 aromatic heterocycles. The Kier molecular flexibility index (Phi) is 7.11. The molecule has 0 aliphatic carbocycles. The van der Waals surface area contributed by atoms with Crippen LogP contribution in [0.1, 0.15) is 34.1 Å². The lowest BCUT2D eigenvalue weighted by molar-refractivity contribution is -0.114. The van der Waals surface area contributed by atoms with E-state index in [9.17, 15) is 14.4 Å². The van der Waals surface area contributed by atoms with Gasteiger partial charge in [-0.3, -0.25) is 23.9 Å². The van der Waals surface area contributed by atoms with Crippen LogP contribution < -0.4 is 10.6 Å². The molecule has 1 saturated heterocycles. The second kappa shape index (κ2) is 10.4. The molecule has 0 saturated carbocycles. The van der Waals surface area contributed by atoms with Gasteiger partial charge in [0.05, 0.1) is 18.7 Å². The van der Waals surface area contributed by atoms with Crippen molar-refractivity contribution in [3.05, 3.63) is 59.9 Å². The molecule has 9 nitrogen and oxygen atoms in total. The SMILES string of the molecule is CC(=O)Nc1nccc2c1ccn2C(=O)c1ccc(C(=O)NCCCN2CCOCC2)cc1. The fourth-order valence-electron chi connectivity index (χ4n) is 3.84. The Hall–Kier alpha value is -3.56. The van der Waals surface area contributed by atoms with Crippen molar-refractivity contribution in [2.75, 3.05) is 44.7 Å². The van der Waals surface area contributed by atoms with Crippen LogP contribution in [0.2, 0.25) is 0 Å². The van der Waals surface area contributed by atoms with Crippen molar-refractivity contribution < 1.29 is 19.1 Å². The Bertz CT molecular complexity index is 1150. The van der Waals surface area contributed by atoms with E-state index in [1.54, 1.807) is 48.8 Å². The Balaban J connectivity index is 1.37. The largest absolute Gasteiger partial charge is 0.379 e. The molecule has 172 valence electrons. The summed E-state index contributed by atoms with van der Waals surface area (Å²) in [5.41, 5.74) is 1.60. The molecule has 0 unspecified atom stereocenters. The van der Waals surface area contributed by atoms with Gasteiger partial charge in [0.2, 0.25) is 5.91 Å². The van der Waals surface area contributed by atoms with E-state index in [1.807, 2.05) is 0 Å². The molecule has 9 heteroatoms. The minimum Gasteiger partial charge on any atom is -0.379 e. The van der Waals surface area contributed by atoms with Crippen LogP contribution in [0, 0.1) is 0 Å². The van der Waals surface area contributed by atoms with Crippen LogP contribution in [0.25, 0.3) is 10.9 Å². The monoisotopic (exact) mass is 449 g/mol. The normalized spacial score (nSPS) is 14.2. The first kappa shape index (κ1) is 22.6. The van der Waals surface area contributed by atoms with Gasteiger partial charge in [0.15, 0.2) is 0 Å². The van der Waals surface area contributed by atoms with Crippen molar-refractivity contribution >= 4 is 34.4 Å². The number of morpholine rings is 1. The van der Waals surface area contributed by atoms with Crippen LogP contribution in [0.4, 0.5) is 5.82 Å². The second-order valence-electron chi connectivity index (χ2n) is 7.91. The van der Waals surface area contributed by atoms with Crippen molar-refractivity contribution in [1.29, 1.82) is 0 Å². The molecule has 0 bridgehead atoms. The van der Waals surface area contributed by atoms with Crippen LogP contribution in [0.15, 0.2) is 48.8 Å². The quantitative estimate of drug-likeness (QED) is 0.536. The summed E-state index contributed by atoms with van der Waals surface area (Å²) in [6, 6.07) is 10.1. The maximum Gasteiger partial charge on any atom is 0.262 e. The standard InChI is InChI=1S/C24H27N5O4/c1-17(30)27-22-20-8-12-29(21(20)7-10-25-22)24(32)19-5-3-18(4-6-19)23(31)26-9-2-11-28-13-15-33-16-14-28/h3-8,10,12H,2,9,11,13-16H2,1H3,(H,26,31)(H,25,27,30). The Morgan fingerprint density at radius 1 is 1.03 bits per heavy atom. The van der Waals surface area contributed by atoms with Crippen LogP contribution in [0.5, 0.6) is 0 Å². The third kappa shape index (κ3) is 5.44. The number of rotatable bonds is 7. The smallest absolute Gasteiger partial charge is 0.262 e. The number of carbonyl (C=O) groups excluding carboxylic acids is 3. The predicted molar refractivity (Wildman–Crippen MR) is 124 cm³/mol. The molecule has 2 amide bonds. The first-order valence-corrected chi connectivity index (χ1v) is 11.0. The molecule has 3 aromatic rings. The maximum absolute atomic E-state index is 13.0. The summed E-state index contributed by atoms with van der Waals surface area (Å²) in [6.07, 6.45) is 4.07. The van der Waals surface area contributed by atoms with Gasteiger partial charge in [-0.1, -0.05) is 0 Å². The molecule has 0 spiro atoms. The number of fused-ring (bicyclic) bond motifs is 1. The second-order valence-corrected chi connectivity index (χ2v) is 7.91. The summed E-state index contributed by atoms with van der Waals surface area (Å²) in [6.45, 7) is 6.34. The number of ether oxygens (including phenoxy) is 1. The number of aromatic nitrogens is 2. The van der Waals surface area contributed by atoms with E-state index >= 15 is 0 Å². The fraction of sp³-hybridized carbons (Fsp3) is 0.333. The number of nitrogens with one attached hydrogen (secondary N) is 2. The number of pyridine rings is 1. The van der Waals surface area contributed by atoms with E-state index in [-0.39, 0.29) is 17.7 Å². The molecule has 33 heavy (non-hydrogen) atoms. The van der Waals surface area contributed by atoms with Gasteiger partial charge in [0.25, 0.3) is 11.8 Å². The summed E-state index contributed by atoms with van der Waals surface area (Å²) < 4.78 is 6.84. The van der Waals surface area contributed by atoms with Crippen molar-refractivity contribution in [3.63, 3.8) is 0 Å². The summed E-state index contributed by atoms with van der Waals surface area (Å²) >= 11 is 0. The number of hydrogen-bond donors (Lipinski definition) is 2. The van der Waals surface area contributed by atoms with Crippen molar-refractivity contribution in [1.82, 2.24) is 19.8 Å². The van der Waals surface area contributed by atoms with Crippen molar-refractivity contribution in [2.45, 2.75) is 13.3 Å². The van der Waals surface area contributed by atoms with Gasteiger partial charge in [-0.25, -0.2) is 4.98 Å². The average molecular weight is 450 g/mol. The first-order valence-electron chi connectivity index (χ1n) is 11.0. The number of anilines is 1. The molecule has 1 aliphatic heterocycles. The lowest BCUT2D eigenvalue weighted by Crippen LogP contribution is -2.38. The van der Waals surface area contributed by atoms with Crippen LogP contribution >= 0.6 is 0 Å². The molecular weight excluding hydrogens is 422 g/mol. The van der Waals surface area contributed by atoms with E-state index in [1.165, 1.54) is 11.5 Å². The topological polar surface area (TPSA) is 106 Å². The lowest BCUT2D eigenvalue weighted by atomic mass is 10.1. The summed E-state index contributed by atoms with van der Waals surface area (Å²) in [7, 11) is 0. The highest BCUT2D eigenvalue weighted by Crippen LogP contribution is 2.23. The maximum atomic E-state index is 13.0. The highest BCUT2D eigenvalue weighted by molar-refractivity contribution is 6.06. The van der Waals surface area contributed by atoms with E-state index in [2.05, 4.69) is 20.5 Å². The Morgan fingerprint density at radius 2 is 1.76 bits per heavy atom. The summed E-state index contributed by atoms with van der Waals surface area (Å²) in [4.78, 5) is 43.4. The number of nitrogens with zero attached hydrogens (tertiary/aromatic N) is 3. The van der Waals surface area contributed by atoms with E-state index in [0.717, 1.165) is 39.3 Å². The number of carbonyl (C=O) groups is 3. The molecule has 2 N–H and O–H groups in total. The van der Waals surface area contributed by atoms with Crippen molar-refractivity contribution in [2.24, 2.45) is 0 Å². The molecular formula is C24H27N5O4. The van der Waals surface area contributed by atoms with Gasteiger partial charge < -0.3 is 15.4 Å². The van der Waals surface area contributed by atoms with Crippen LogP contribution in [-0.4, -0.2) is 71.6 Å². The zero-order valence-corrected chi connectivity index (χ0v) is 18.5.